The molecule has 1 unspecified atom stereocenters. The average molecular weight is 189 g/mol. The van der Waals surface area contributed by atoms with E-state index in [1.54, 1.807) is 0 Å². The zero-order valence-corrected chi connectivity index (χ0v) is 8.24. The Bertz CT molecular complexity index is 337. The van der Waals surface area contributed by atoms with Gasteiger partial charge < -0.3 is 10.2 Å². The molecule has 0 aromatic carbocycles. The number of anilines is 2. The first-order valence-electron chi connectivity index (χ1n) is 5.40. The van der Waals surface area contributed by atoms with Gasteiger partial charge in [0.25, 0.3) is 0 Å². The molecule has 0 radical (unpaired) electrons. The minimum Gasteiger partial charge on any atom is -0.382 e. The molecule has 0 aliphatic carbocycles. The van der Waals surface area contributed by atoms with Gasteiger partial charge in [-0.25, -0.2) is 0 Å². The minimum atomic E-state index is 0.756. The lowest BCUT2D eigenvalue weighted by Gasteiger charge is -2.24. The molecular weight excluding hydrogens is 174 g/mol. The highest BCUT2D eigenvalue weighted by Gasteiger charge is 2.27. The van der Waals surface area contributed by atoms with Crippen LogP contribution < -0.4 is 10.2 Å². The Morgan fingerprint density at radius 2 is 2.43 bits per heavy atom. The van der Waals surface area contributed by atoms with Crippen LogP contribution in [0.3, 0.4) is 0 Å². The lowest BCUT2D eigenvalue weighted by molar-refractivity contribution is 0.638. The van der Waals surface area contributed by atoms with E-state index in [1.807, 2.05) is 12.4 Å². The topological polar surface area (TPSA) is 28.2 Å². The van der Waals surface area contributed by atoms with Crippen molar-refractivity contribution in [3.05, 3.63) is 18.5 Å². The highest BCUT2D eigenvalue weighted by Crippen LogP contribution is 2.34. The summed E-state index contributed by atoms with van der Waals surface area (Å²) in [5.41, 5.74) is 2.55. The molecule has 2 aliphatic heterocycles. The first-order valence-corrected chi connectivity index (χ1v) is 5.40. The molecule has 3 nitrogen and oxygen atoms in total. The van der Waals surface area contributed by atoms with Gasteiger partial charge in [0.2, 0.25) is 0 Å². The van der Waals surface area contributed by atoms with Gasteiger partial charge >= 0.3 is 0 Å². The summed E-state index contributed by atoms with van der Waals surface area (Å²) in [4.78, 5) is 6.70. The summed E-state index contributed by atoms with van der Waals surface area (Å²) in [6.45, 7) is 2.29. The first kappa shape index (κ1) is 8.09. The van der Waals surface area contributed by atoms with Crippen molar-refractivity contribution >= 4 is 11.4 Å². The molecule has 1 fully saturated rings. The smallest absolute Gasteiger partial charge is 0.0764 e. The van der Waals surface area contributed by atoms with Crippen LogP contribution in [0.25, 0.3) is 0 Å². The Kier molecular flexibility index (Phi) is 1.82. The lowest BCUT2D eigenvalue weighted by atomic mass is 10.1. The molecule has 14 heavy (non-hydrogen) atoms. The molecule has 0 saturated carbocycles. The normalized spacial score (nSPS) is 24.9. The Labute approximate surface area is 84.1 Å². The van der Waals surface area contributed by atoms with E-state index in [0.717, 1.165) is 12.6 Å². The van der Waals surface area contributed by atoms with Crippen LogP contribution in [0.2, 0.25) is 0 Å². The van der Waals surface area contributed by atoms with E-state index >= 15 is 0 Å². The second kappa shape index (κ2) is 3.15. The molecule has 0 amide bonds. The van der Waals surface area contributed by atoms with Crippen LogP contribution in [0.4, 0.5) is 11.4 Å². The summed E-state index contributed by atoms with van der Waals surface area (Å²) < 4.78 is 0. The van der Waals surface area contributed by atoms with Crippen LogP contribution in [0.5, 0.6) is 0 Å². The number of pyridine rings is 1. The maximum absolute atomic E-state index is 4.16. The summed E-state index contributed by atoms with van der Waals surface area (Å²) in [5, 5.41) is 3.45. The van der Waals surface area contributed by atoms with Gasteiger partial charge in [-0.2, -0.15) is 0 Å². The van der Waals surface area contributed by atoms with Gasteiger partial charge in [0, 0.05) is 25.3 Å². The standard InChI is InChI=1S/C11H15N3/c1-2-9-3-6-13-10-8-12-5-4-11(10)14(9)7-1/h4-5,8-9,13H,1-3,6-7H2. The number of hydrogen-bond acceptors (Lipinski definition) is 3. The summed E-state index contributed by atoms with van der Waals surface area (Å²) in [6, 6.07) is 2.89. The van der Waals surface area contributed by atoms with Gasteiger partial charge in [-0.15, -0.1) is 0 Å². The van der Waals surface area contributed by atoms with Crippen molar-refractivity contribution < 1.29 is 0 Å². The number of rotatable bonds is 0. The summed E-state index contributed by atoms with van der Waals surface area (Å²) in [6.07, 6.45) is 7.78. The van der Waals surface area contributed by atoms with E-state index in [2.05, 4.69) is 21.3 Å². The van der Waals surface area contributed by atoms with Crippen molar-refractivity contribution in [2.45, 2.75) is 25.3 Å². The van der Waals surface area contributed by atoms with E-state index in [9.17, 15) is 0 Å². The first-order chi connectivity index (χ1) is 6.95. The molecule has 3 rings (SSSR count). The molecule has 1 atom stereocenters. The van der Waals surface area contributed by atoms with Gasteiger partial charge in [0.15, 0.2) is 0 Å². The molecule has 2 aliphatic rings. The molecule has 0 bridgehead atoms. The van der Waals surface area contributed by atoms with Crippen molar-refractivity contribution in [3.8, 4) is 0 Å². The average Bonchev–Trinajstić information content (AvgIpc) is 2.61. The Balaban J connectivity index is 2.04. The zero-order chi connectivity index (χ0) is 9.38. The predicted molar refractivity (Wildman–Crippen MR) is 57.7 cm³/mol. The highest BCUT2D eigenvalue weighted by molar-refractivity contribution is 5.70. The fourth-order valence-electron chi connectivity index (χ4n) is 2.60. The molecule has 3 heterocycles. The van der Waals surface area contributed by atoms with E-state index in [0.29, 0.717) is 0 Å². The predicted octanol–water partition coefficient (Wildman–Crippen LogP) is 1.87. The van der Waals surface area contributed by atoms with Crippen molar-refractivity contribution in [2.75, 3.05) is 23.3 Å². The van der Waals surface area contributed by atoms with Gasteiger partial charge in [0.05, 0.1) is 17.6 Å². The third-order valence-corrected chi connectivity index (χ3v) is 3.28. The number of nitrogens with one attached hydrogen (secondary N) is 1. The number of aromatic nitrogens is 1. The van der Waals surface area contributed by atoms with Crippen LogP contribution in [-0.4, -0.2) is 24.1 Å². The van der Waals surface area contributed by atoms with Crippen molar-refractivity contribution in [1.82, 2.24) is 4.98 Å². The Morgan fingerprint density at radius 1 is 1.43 bits per heavy atom. The second-order valence-electron chi connectivity index (χ2n) is 4.10. The van der Waals surface area contributed by atoms with Gasteiger partial charge in [-0.05, 0) is 25.3 Å². The largest absolute Gasteiger partial charge is 0.382 e. The van der Waals surface area contributed by atoms with Crippen LogP contribution in [-0.2, 0) is 0 Å². The van der Waals surface area contributed by atoms with Gasteiger partial charge in [-0.3, -0.25) is 4.98 Å². The lowest BCUT2D eigenvalue weighted by Crippen LogP contribution is -2.28. The van der Waals surface area contributed by atoms with Gasteiger partial charge in [-0.1, -0.05) is 0 Å². The zero-order valence-electron chi connectivity index (χ0n) is 8.24. The van der Waals surface area contributed by atoms with Crippen molar-refractivity contribution in [1.29, 1.82) is 0 Å². The highest BCUT2D eigenvalue weighted by atomic mass is 15.2. The Morgan fingerprint density at radius 3 is 3.43 bits per heavy atom. The van der Waals surface area contributed by atoms with E-state index in [4.69, 9.17) is 0 Å². The summed E-state index contributed by atoms with van der Waals surface area (Å²) in [7, 11) is 0. The molecule has 3 heteroatoms. The van der Waals surface area contributed by atoms with Crippen molar-refractivity contribution in [3.63, 3.8) is 0 Å². The summed E-state index contributed by atoms with van der Waals surface area (Å²) in [5.74, 6) is 0. The molecule has 74 valence electrons. The van der Waals surface area contributed by atoms with Gasteiger partial charge in [0.1, 0.15) is 0 Å². The molecule has 1 aromatic heterocycles. The second-order valence-corrected chi connectivity index (χ2v) is 4.10. The summed E-state index contributed by atoms with van der Waals surface area (Å²) >= 11 is 0. The molecule has 1 aromatic rings. The third-order valence-electron chi connectivity index (χ3n) is 3.28. The van der Waals surface area contributed by atoms with E-state index in [-0.39, 0.29) is 0 Å². The van der Waals surface area contributed by atoms with E-state index in [1.165, 1.54) is 37.2 Å². The fourth-order valence-corrected chi connectivity index (χ4v) is 2.60. The number of nitrogens with zero attached hydrogens (tertiary/aromatic N) is 2. The number of fused-ring (bicyclic) bond motifs is 3. The molecule has 1 N–H and O–H groups in total. The molecule has 0 spiro atoms. The number of hydrogen-bond donors (Lipinski definition) is 1. The van der Waals surface area contributed by atoms with Crippen LogP contribution >= 0.6 is 0 Å². The SMILES string of the molecule is c1cc2c(cn1)NCCC1CCCN21. The maximum atomic E-state index is 4.16. The van der Waals surface area contributed by atoms with E-state index < -0.39 is 0 Å². The monoisotopic (exact) mass is 189 g/mol. The minimum absolute atomic E-state index is 0.756. The third kappa shape index (κ3) is 1.15. The van der Waals surface area contributed by atoms with Crippen molar-refractivity contribution in [2.24, 2.45) is 0 Å². The molecule has 1 saturated heterocycles. The molecular formula is C11H15N3. The Hall–Kier alpha value is -1.25. The van der Waals surface area contributed by atoms with Crippen LogP contribution in [0.1, 0.15) is 19.3 Å². The van der Waals surface area contributed by atoms with Crippen LogP contribution in [0, 0.1) is 0 Å². The maximum Gasteiger partial charge on any atom is 0.0764 e. The fraction of sp³-hybridized carbons (Fsp3) is 0.545. The van der Waals surface area contributed by atoms with Crippen LogP contribution in [0.15, 0.2) is 18.5 Å². The quantitative estimate of drug-likeness (QED) is 0.675.